The Morgan fingerprint density at radius 3 is 2.47 bits per heavy atom. The lowest BCUT2D eigenvalue weighted by molar-refractivity contribution is 0.115. The van der Waals surface area contributed by atoms with Crippen molar-refractivity contribution in [2.75, 3.05) is 32.7 Å². The van der Waals surface area contributed by atoms with Crippen LogP contribution in [0.1, 0.15) is 32.6 Å². The summed E-state index contributed by atoms with van der Waals surface area (Å²) < 4.78 is 0.930. The normalized spacial score (nSPS) is 29.2. The molecule has 0 aliphatic carbocycles. The minimum absolute atomic E-state index is 0.587. The smallest absolute Gasteiger partial charge is 0.0134 e. The van der Waals surface area contributed by atoms with Crippen LogP contribution in [0.15, 0.2) is 0 Å². The Balaban J connectivity index is 1.80. The Morgan fingerprint density at radius 2 is 1.87 bits per heavy atom. The molecule has 2 saturated heterocycles. The van der Waals surface area contributed by atoms with E-state index >= 15 is 0 Å². The van der Waals surface area contributed by atoms with Crippen LogP contribution in [0.3, 0.4) is 0 Å². The lowest BCUT2D eigenvalue weighted by atomic mass is 9.80. The molecule has 2 rings (SSSR count). The van der Waals surface area contributed by atoms with Crippen molar-refractivity contribution in [1.82, 2.24) is 10.2 Å². The van der Waals surface area contributed by atoms with Gasteiger partial charge in [0.2, 0.25) is 0 Å². The average Bonchev–Trinajstić information content (AvgIpc) is 2.22. The predicted octanol–water partition coefficient (Wildman–Crippen LogP) is 2.28. The zero-order valence-corrected chi connectivity index (χ0v) is 11.9. The molecule has 0 unspecified atom stereocenters. The van der Waals surface area contributed by atoms with Crippen molar-refractivity contribution in [2.45, 2.75) is 36.5 Å². The van der Waals surface area contributed by atoms with Gasteiger partial charge in [0, 0.05) is 10.5 Å². The van der Waals surface area contributed by atoms with Gasteiger partial charge in [-0.1, -0.05) is 29.5 Å². The fourth-order valence-electron chi connectivity index (χ4n) is 2.79. The van der Waals surface area contributed by atoms with Crippen molar-refractivity contribution in [3.8, 4) is 0 Å². The number of alkyl halides is 1. The molecule has 0 spiro atoms. The number of nitrogens with one attached hydrogen (secondary N) is 1. The van der Waals surface area contributed by atoms with E-state index in [0.29, 0.717) is 5.41 Å². The van der Waals surface area contributed by atoms with E-state index in [-0.39, 0.29) is 0 Å². The van der Waals surface area contributed by atoms with Gasteiger partial charge in [-0.3, -0.25) is 0 Å². The third-order valence-electron chi connectivity index (χ3n) is 3.93. The van der Waals surface area contributed by atoms with E-state index in [2.05, 4.69) is 39.7 Å². The lowest BCUT2D eigenvalue weighted by Crippen LogP contribution is -2.45. The second kappa shape index (κ2) is 5.32. The van der Waals surface area contributed by atoms with E-state index < -0.39 is 0 Å². The van der Waals surface area contributed by atoms with Crippen LogP contribution in [0, 0.1) is 5.41 Å². The molecule has 0 aromatic rings. The van der Waals surface area contributed by atoms with Crippen molar-refractivity contribution in [2.24, 2.45) is 5.41 Å². The topological polar surface area (TPSA) is 15.3 Å². The third kappa shape index (κ3) is 3.56. The van der Waals surface area contributed by atoms with Crippen molar-refractivity contribution in [3.63, 3.8) is 0 Å². The highest BCUT2D eigenvalue weighted by molar-refractivity contribution is 14.1. The Labute approximate surface area is 107 Å². The highest BCUT2D eigenvalue weighted by Crippen LogP contribution is 2.30. The first kappa shape index (κ1) is 12.1. The summed E-state index contributed by atoms with van der Waals surface area (Å²) in [7, 11) is 0. The summed E-state index contributed by atoms with van der Waals surface area (Å²) in [6.45, 7) is 8.91. The molecule has 0 radical (unpaired) electrons. The van der Waals surface area contributed by atoms with Crippen LogP contribution in [0.2, 0.25) is 0 Å². The highest BCUT2D eigenvalue weighted by Gasteiger charge is 2.30. The van der Waals surface area contributed by atoms with Crippen molar-refractivity contribution >= 4 is 22.6 Å². The molecule has 2 aliphatic rings. The zero-order chi connectivity index (χ0) is 10.7. The van der Waals surface area contributed by atoms with Crippen LogP contribution in [0.5, 0.6) is 0 Å². The molecule has 0 amide bonds. The van der Waals surface area contributed by atoms with Crippen molar-refractivity contribution in [3.05, 3.63) is 0 Å². The molecule has 3 heteroatoms. The molecule has 0 aromatic heterocycles. The van der Waals surface area contributed by atoms with Crippen LogP contribution >= 0.6 is 22.6 Å². The van der Waals surface area contributed by atoms with Gasteiger partial charge in [-0.05, 0) is 57.3 Å². The van der Waals surface area contributed by atoms with Crippen LogP contribution < -0.4 is 5.32 Å². The summed E-state index contributed by atoms with van der Waals surface area (Å²) in [5.41, 5.74) is 0.587. The highest BCUT2D eigenvalue weighted by atomic mass is 127. The fraction of sp³-hybridized carbons (Fsp3) is 1.00. The van der Waals surface area contributed by atoms with Gasteiger partial charge < -0.3 is 10.2 Å². The van der Waals surface area contributed by atoms with E-state index in [1.54, 1.807) is 0 Å². The van der Waals surface area contributed by atoms with Crippen LogP contribution in [0.25, 0.3) is 0 Å². The van der Waals surface area contributed by atoms with E-state index in [0.717, 1.165) is 3.92 Å². The summed E-state index contributed by atoms with van der Waals surface area (Å²) in [6, 6.07) is 0. The second-order valence-corrected chi connectivity index (χ2v) is 7.27. The van der Waals surface area contributed by atoms with E-state index in [1.165, 1.54) is 58.4 Å². The summed E-state index contributed by atoms with van der Waals surface area (Å²) in [4.78, 5) is 2.69. The Morgan fingerprint density at radius 1 is 1.27 bits per heavy atom. The molecule has 1 N–H and O–H groups in total. The quantitative estimate of drug-likeness (QED) is 0.620. The molecular formula is C12H23IN2. The van der Waals surface area contributed by atoms with Crippen LogP contribution in [0.4, 0.5) is 0 Å². The van der Waals surface area contributed by atoms with Gasteiger partial charge in [-0.2, -0.15) is 0 Å². The number of halogens is 1. The predicted molar refractivity (Wildman–Crippen MR) is 73.7 cm³/mol. The molecule has 2 heterocycles. The van der Waals surface area contributed by atoms with E-state index in [4.69, 9.17) is 0 Å². The minimum atomic E-state index is 0.587. The Bertz CT molecular complexity index is 194. The molecule has 0 aromatic carbocycles. The van der Waals surface area contributed by atoms with Gasteiger partial charge in [-0.25, -0.2) is 0 Å². The molecule has 0 saturated carbocycles. The maximum atomic E-state index is 3.46. The van der Waals surface area contributed by atoms with Gasteiger partial charge in [0.05, 0.1) is 0 Å². The SMILES string of the molecule is CC1(CN2CCC(I)CC2)CCNCC1. The number of piperidine rings is 2. The van der Waals surface area contributed by atoms with Gasteiger partial charge in [0.15, 0.2) is 0 Å². The number of nitrogens with zero attached hydrogens (tertiary/aromatic N) is 1. The monoisotopic (exact) mass is 322 g/mol. The molecule has 0 bridgehead atoms. The first-order valence-corrected chi connectivity index (χ1v) is 7.50. The largest absolute Gasteiger partial charge is 0.317 e. The van der Waals surface area contributed by atoms with E-state index in [1.807, 2.05) is 0 Å². The average molecular weight is 322 g/mol. The van der Waals surface area contributed by atoms with Crippen molar-refractivity contribution in [1.29, 1.82) is 0 Å². The number of hydrogen-bond donors (Lipinski definition) is 1. The fourth-order valence-corrected chi connectivity index (χ4v) is 3.34. The number of rotatable bonds is 2. The van der Waals surface area contributed by atoms with Gasteiger partial charge in [0.1, 0.15) is 0 Å². The molecule has 15 heavy (non-hydrogen) atoms. The Kier molecular flexibility index (Phi) is 4.30. The lowest BCUT2D eigenvalue weighted by Gasteiger charge is -2.40. The number of likely N-dealkylation sites (tertiary alicyclic amines) is 1. The molecule has 2 fully saturated rings. The standard InChI is InChI=1S/C12H23IN2/c1-12(4-6-14-7-5-12)10-15-8-2-11(13)3-9-15/h11,14H,2-10H2,1H3. The number of hydrogen-bond acceptors (Lipinski definition) is 2. The summed E-state index contributed by atoms with van der Waals surface area (Å²) >= 11 is 2.60. The summed E-state index contributed by atoms with van der Waals surface area (Å²) in [6.07, 6.45) is 5.51. The third-order valence-corrected chi connectivity index (χ3v) is 5.18. The summed E-state index contributed by atoms with van der Waals surface area (Å²) in [5, 5.41) is 3.46. The maximum Gasteiger partial charge on any atom is 0.0134 e. The first-order valence-electron chi connectivity index (χ1n) is 6.25. The van der Waals surface area contributed by atoms with E-state index in [9.17, 15) is 0 Å². The Hall–Kier alpha value is 0.650. The zero-order valence-electron chi connectivity index (χ0n) is 9.77. The molecule has 2 aliphatic heterocycles. The molecule has 0 atom stereocenters. The second-order valence-electron chi connectivity index (χ2n) is 5.51. The molecule has 88 valence electrons. The molecule has 2 nitrogen and oxygen atoms in total. The van der Waals surface area contributed by atoms with Crippen molar-refractivity contribution < 1.29 is 0 Å². The van der Waals surface area contributed by atoms with Gasteiger partial charge >= 0.3 is 0 Å². The van der Waals surface area contributed by atoms with Crippen LogP contribution in [-0.4, -0.2) is 41.5 Å². The minimum Gasteiger partial charge on any atom is -0.317 e. The van der Waals surface area contributed by atoms with Gasteiger partial charge in [0.25, 0.3) is 0 Å². The van der Waals surface area contributed by atoms with Gasteiger partial charge in [-0.15, -0.1) is 0 Å². The molecular weight excluding hydrogens is 299 g/mol. The van der Waals surface area contributed by atoms with Crippen LogP contribution in [-0.2, 0) is 0 Å². The maximum absolute atomic E-state index is 3.46. The summed E-state index contributed by atoms with van der Waals surface area (Å²) in [5.74, 6) is 0. The first-order chi connectivity index (χ1) is 7.18.